The Hall–Kier alpha value is -3.20. The summed E-state index contributed by atoms with van der Waals surface area (Å²) in [6.07, 6.45) is 12.8. The third-order valence-electron chi connectivity index (χ3n) is 6.17. The molecule has 3 aromatic rings. The molecule has 0 fully saturated rings. The Morgan fingerprint density at radius 3 is 1.76 bits per heavy atom. The van der Waals surface area contributed by atoms with E-state index in [2.05, 4.69) is 130 Å². The number of methoxy groups -OCH3 is 1. The molecule has 1 aliphatic rings. The summed E-state index contributed by atoms with van der Waals surface area (Å²) >= 11 is 2.08. The molecule has 0 bridgehead atoms. The van der Waals surface area contributed by atoms with E-state index in [0.29, 0.717) is 5.41 Å². The molecule has 3 heteroatoms. The van der Waals surface area contributed by atoms with E-state index in [9.17, 15) is 0 Å². The van der Waals surface area contributed by atoms with Gasteiger partial charge in [0.25, 0.3) is 0 Å². The van der Waals surface area contributed by atoms with Crippen LogP contribution < -0.4 is 9.47 Å². The van der Waals surface area contributed by atoms with Gasteiger partial charge < -0.3 is 9.47 Å². The summed E-state index contributed by atoms with van der Waals surface area (Å²) in [5.41, 5.74) is 4.93. The van der Waals surface area contributed by atoms with Gasteiger partial charge in [0.2, 0.25) is 0 Å². The Morgan fingerprint density at radius 2 is 1.33 bits per heavy atom. The molecule has 2 nitrogen and oxygen atoms in total. The van der Waals surface area contributed by atoms with Gasteiger partial charge in [0.15, 0.2) is 0 Å². The first-order chi connectivity index (χ1) is 19.8. The number of benzene rings is 3. The van der Waals surface area contributed by atoms with Gasteiger partial charge in [-0.3, -0.25) is 6.08 Å². The number of allylic oxidation sites excluding steroid dienone is 6. The van der Waals surface area contributed by atoms with Crippen molar-refractivity contribution >= 4 is 15.6 Å². The SMILES string of the molecule is CC(C)(C)C1=CC[C-]=C1.COc1ccc(C=CC(=C(Oc2ccccc2)c2ccccc2)C(C)(C)C)cc1.C[C](C)=[Ti+]. The van der Waals surface area contributed by atoms with E-state index in [0.717, 1.165) is 40.4 Å². The Balaban J connectivity index is 0.000000392. The maximum absolute atomic E-state index is 6.42. The molecule has 0 unspecified atom stereocenters. The molecular formula is C39H47O2Ti. The molecule has 0 heterocycles. The molecule has 0 spiro atoms. The number of rotatable bonds is 6. The average Bonchev–Trinajstić information content (AvgIpc) is 3.50. The summed E-state index contributed by atoms with van der Waals surface area (Å²) in [7, 11) is 1.68. The predicted molar refractivity (Wildman–Crippen MR) is 178 cm³/mol. The van der Waals surface area contributed by atoms with E-state index in [-0.39, 0.29) is 5.41 Å². The minimum absolute atomic E-state index is 0.108. The van der Waals surface area contributed by atoms with Crippen LogP contribution in [0.3, 0.4) is 0 Å². The summed E-state index contributed by atoms with van der Waals surface area (Å²) < 4.78 is 13.1. The zero-order chi connectivity index (χ0) is 31.2. The van der Waals surface area contributed by atoms with Gasteiger partial charge in [0.1, 0.15) is 17.3 Å². The van der Waals surface area contributed by atoms with Gasteiger partial charge >= 0.3 is 37.6 Å². The molecular weight excluding hydrogens is 548 g/mol. The molecule has 0 N–H and O–H groups in total. The van der Waals surface area contributed by atoms with Crippen molar-refractivity contribution < 1.29 is 29.4 Å². The maximum atomic E-state index is 6.42. The van der Waals surface area contributed by atoms with Crippen LogP contribution in [0.2, 0.25) is 0 Å². The van der Waals surface area contributed by atoms with Crippen molar-refractivity contribution in [2.24, 2.45) is 10.8 Å². The van der Waals surface area contributed by atoms with Crippen LogP contribution in [0.5, 0.6) is 11.5 Å². The summed E-state index contributed by atoms with van der Waals surface area (Å²) in [6.45, 7) is 17.5. The molecule has 1 aliphatic carbocycles. The first kappa shape index (κ1) is 35.0. The summed E-state index contributed by atoms with van der Waals surface area (Å²) in [5.74, 6) is 2.55. The molecule has 0 amide bonds. The van der Waals surface area contributed by atoms with Crippen LogP contribution in [-0.2, 0) is 20.0 Å². The number of hydrogen-bond acceptors (Lipinski definition) is 2. The molecule has 3 aromatic carbocycles. The number of hydrogen-bond donors (Lipinski definition) is 0. The number of ether oxygens (including phenoxy) is 2. The molecule has 0 radical (unpaired) electrons. The summed E-state index contributed by atoms with van der Waals surface area (Å²) in [4.78, 5) is 0. The van der Waals surface area contributed by atoms with Gasteiger partial charge in [-0.25, -0.2) is 6.08 Å². The predicted octanol–water partition coefficient (Wildman–Crippen LogP) is 10.7. The average molecular weight is 596 g/mol. The van der Waals surface area contributed by atoms with Crippen molar-refractivity contribution in [1.29, 1.82) is 0 Å². The van der Waals surface area contributed by atoms with Crippen LogP contribution in [0.15, 0.2) is 114 Å². The second kappa shape index (κ2) is 17.0. The molecule has 0 aliphatic heterocycles. The summed E-state index contributed by atoms with van der Waals surface area (Å²) in [6, 6.07) is 28.3. The normalized spacial score (nSPS) is 13.3. The zero-order valence-electron chi connectivity index (χ0n) is 26.9. The van der Waals surface area contributed by atoms with Gasteiger partial charge in [-0.1, -0.05) is 120 Å². The van der Waals surface area contributed by atoms with Crippen LogP contribution in [0.25, 0.3) is 11.8 Å². The molecule has 0 saturated carbocycles. The third-order valence-corrected chi connectivity index (χ3v) is 6.17. The fourth-order valence-corrected chi connectivity index (χ4v) is 3.95. The van der Waals surface area contributed by atoms with Crippen molar-refractivity contribution in [3.8, 4) is 11.5 Å². The fourth-order valence-electron chi connectivity index (χ4n) is 3.95. The van der Waals surface area contributed by atoms with Gasteiger partial charge in [-0.05, 0) is 35.2 Å². The van der Waals surface area contributed by atoms with Crippen LogP contribution in [0.4, 0.5) is 0 Å². The van der Waals surface area contributed by atoms with Gasteiger partial charge in [-0.2, -0.15) is 11.6 Å². The van der Waals surface area contributed by atoms with Crippen molar-refractivity contribution in [1.82, 2.24) is 0 Å². The van der Waals surface area contributed by atoms with E-state index in [1.165, 1.54) is 9.38 Å². The van der Waals surface area contributed by atoms with Crippen molar-refractivity contribution in [3.63, 3.8) is 0 Å². The Bertz CT molecular complexity index is 1360. The van der Waals surface area contributed by atoms with E-state index < -0.39 is 0 Å². The first-order valence-electron chi connectivity index (χ1n) is 14.5. The van der Waals surface area contributed by atoms with E-state index in [1.807, 2.05) is 60.7 Å². The van der Waals surface area contributed by atoms with E-state index in [4.69, 9.17) is 9.47 Å². The molecule has 0 atom stereocenters. The van der Waals surface area contributed by atoms with Crippen molar-refractivity contribution in [2.45, 2.75) is 61.8 Å². The quantitative estimate of drug-likeness (QED) is 0.122. The second-order valence-corrected chi connectivity index (χ2v) is 13.9. The van der Waals surface area contributed by atoms with E-state index in [1.54, 1.807) is 7.11 Å². The topological polar surface area (TPSA) is 18.5 Å². The molecule has 0 aromatic heterocycles. The fraction of sp³-hybridized carbons (Fsp3) is 0.308. The molecule has 4 rings (SSSR count). The second-order valence-electron chi connectivity index (χ2n) is 12.3. The summed E-state index contributed by atoms with van der Waals surface area (Å²) in [5, 5.41) is 0. The van der Waals surface area contributed by atoms with Gasteiger partial charge in [-0.15, -0.1) is 6.42 Å². The first-order valence-corrected chi connectivity index (χ1v) is 15.2. The Kier molecular flexibility index (Phi) is 14.2. The van der Waals surface area contributed by atoms with Gasteiger partial charge in [0, 0.05) is 11.1 Å². The van der Waals surface area contributed by atoms with Crippen LogP contribution in [0, 0.1) is 16.9 Å². The molecule has 42 heavy (non-hydrogen) atoms. The Morgan fingerprint density at radius 1 is 0.786 bits per heavy atom. The molecule has 0 saturated heterocycles. The molecule has 219 valence electrons. The van der Waals surface area contributed by atoms with Gasteiger partial charge in [0.05, 0.1) is 7.11 Å². The van der Waals surface area contributed by atoms with Crippen LogP contribution >= 0.6 is 0 Å². The Labute approximate surface area is 266 Å². The van der Waals surface area contributed by atoms with Crippen LogP contribution in [-0.4, -0.2) is 10.9 Å². The monoisotopic (exact) mass is 595 g/mol. The third kappa shape index (κ3) is 12.8. The van der Waals surface area contributed by atoms with Crippen molar-refractivity contribution in [2.75, 3.05) is 7.11 Å². The van der Waals surface area contributed by atoms with Crippen LogP contribution in [0.1, 0.15) is 72.9 Å². The van der Waals surface area contributed by atoms with Crippen molar-refractivity contribution in [3.05, 3.63) is 132 Å². The van der Waals surface area contributed by atoms with E-state index >= 15 is 0 Å². The zero-order valence-corrected chi connectivity index (χ0v) is 28.5. The minimum atomic E-state index is -0.108. The number of para-hydroxylation sites is 1. The standard InChI is InChI=1S/C27H28O2.C9H13.C3H6.Ti/c1-27(2,3)25(20-17-21-15-18-23(28-4)19-16-21)26(22-11-7-5-8-12-22)29-24-13-9-6-10-14-24;1-9(2,3)8-6-4-5-7-8;1-3-2;/h5-20H,1-4H3;6-7H,4H2,1-3H3;1-2H3;/q;-1;;+1.